The fraction of sp³-hybridized carbons (Fsp3) is 0.346. The number of amides is 2. The molecule has 1 aromatic heterocycles. The van der Waals surface area contributed by atoms with E-state index < -0.39 is 5.54 Å². The van der Waals surface area contributed by atoms with E-state index in [9.17, 15) is 9.59 Å². The van der Waals surface area contributed by atoms with E-state index in [-0.39, 0.29) is 11.8 Å². The molecule has 1 aliphatic heterocycles. The van der Waals surface area contributed by atoms with Crippen LogP contribution < -0.4 is 0 Å². The predicted molar refractivity (Wildman–Crippen MR) is 123 cm³/mol. The van der Waals surface area contributed by atoms with Gasteiger partial charge in [0.25, 0.3) is 5.91 Å². The average Bonchev–Trinajstić information content (AvgIpc) is 3.48. The lowest BCUT2D eigenvalue weighted by Gasteiger charge is -2.40. The van der Waals surface area contributed by atoms with E-state index in [1.165, 1.54) is 0 Å². The molecule has 4 rings (SSSR count). The van der Waals surface area contributed by atoms with Gasteiger partial charge in [-0.05, 0) is 38.8 Å². The van der Waals surface area contributed by atoms with Gasteiger partial charge in [0.05, 0.1) is 0 Å². The molecule has 2 aromatic carbocycles. The molecule has 2 amide bonds. The number of rotatable bonds is 7. The second-order valence-corrected chi connectivity index (χ2v) is 8.16. The van der Waals surface area contributed by atoms with Crippen molar-refractivity contribution in [2.24, 2.45) is 0 Å². The molecule has 0 spiro atoms. The number of carbonyl (C=O) groups excluding carboxylic acids is 2. The van der Waals surface area contributed by atoms with Gasteiger partial charge in [0.1, 0.15) is 17.0 Å². The van der Waals surface area contributed by atoms with E-state index in [0.29, 0.717) is 43.8 Å². The molecule has 6 nitrogen and oxygen atoms in total. The van der Waals surface area contributed by atoms with Crippen molar-refractivity contribution in [2.75, 3.05) is 19.6 Å². The standard InChI is InChI=1S/C26H29N3O3/c1-3-28(4-2)25(31)26(16-11-17-29(26)24(30)21-14-9-6-10-15-21)19-22-18-23(27-32-22)20-12-7-5-8-13-20/h5-10,12-15,18H,3-4,11,16-17,19H2,1-2H3. The van der Waals surface area contributed by atoms with Crippen molar-refractivity contribution < 1.29 is 14.1 Å². The summed E-state index contributed by atoms with van der Waals surface area (Å²) in [5.41, 5.74) is 1.29. The third kappa shape index (κ3) is 4.05. The number of hydrogen-bond donors (Lipinski definition) is 0. The Morgan fingerprint density at radius 2 is 1.69 bits per heavy atom. The van der Waals surface area contributed by atoms with Crippen molar-refractivity contribution in [3.63, 3.8) is 0 Å². The molecule has 32 heavy (non-hydrogen) atoms. The highest BCUT2D eigenvalue weighted by Gasteiger charge is 2.51. The molecule has 3 aromatic rings. The molecule has 0 saturated carbocycles. The summed E-state index contributed by atoms with van der Waals surface area (Å²) in [4.78, 5) is 30.9. The third-order valence-electron chi connectivity index (χ3n) is 6.30. The molecule has 1 saturated heterocycles. The Labute approximate surface area is 188 Å². The zero-order chi connectivity index (χ0) is 22.6. The summed E-state index contributed by atoms with van der Waals surface area (Å²) in [5, 5.41) is 4.23. The van der Waals surface area contributed by atoms with Gasteiger partial charge in [0.15, 0.2) is 0 Å². The van der Waals surface area contributed by atoms with Crippen LogP contribution in [0.4, 0.5) is 0 Å². The summed E-state index contributed by atoms with van der Waals surface area (Å²) in [6.45, 7) is 5.66. The van der Waals surface area contributed by atoms with Gasteiger partial charge in [-0.2, -0.15) is 0 Å². The summed E-state index contributed by atoms with van der Waals surface area (Å²) >= 11 is 0. The lowest BCUT2D eigenvalue weighted by molar-refractivity contribution is -0.141. The molecule has 6 heteroatoms. The maximum absolute atomic E-state index is 13.8. The van der Waals surface area contributed by atoms with Crippen LogP contribution in [0.5, 0.6) is 0 Å². The average molecular weight is 432 g/mol. The molecule has 0 aliphatic carbocycles. The number of aromatic nitrogens is 1. The van der Waals surface area contributed by atoms with Crippen LogP contribution in [0.15, 0.2) is 71.3 Å². The highest BCUT2D eigenvalue weighted by molar-refractivity contribution is 6.00. The maximum atomic E-state index is 13.8. The first-order valence-corrected chi connectivity index (χ1v) is 11.3. The van der Waals surface area contributed by atoms with E-state index in [0.717, 1.165) is 17.7 Å². The zero-order valence-corrected chi connectivity index (χ0v) is 18.7. The topological polar surface area (TPSA) is 66.7 Å². The minimum atomic E-state index is -0.980. The molecule has 1 unspecified atom stereocenters. The molecule has 1 fully saturated rings. The Bertz CT molecular complexity index is 1060. The van der Waals surface area contributed by atoms with Gasteiger partial charge in [-0.3, -0.25) is 9.59 Å². The molecule has 0 N–H and O–H groups in total. The highest BCUT2D eigenvalue weighted by Crippen LogP contribution is 2.37. The number of benzene rings is 2. The van der Waals surface area contributed by atoms with Crippen LogP contribution in [0.3, 0.4) is 0 Å². The molecule has 166 valence electrons. The molecular weight excluding hydrogens is 402 g/mol. The summed E-state index contributed by atoms with van der Waals surface area (Å²) in [7, 11) is 0. The Morgan fingerprint density at radius 1 is 1.03 bits per heavy atom. The van der Waals surface area contributed by atoms with Gasteiger partial charge in [-0.15, -0.1) is 0 Å². The molecule has 2 heterocycles. The third-order valence-corrected chi connectivity index (χ3v) is 6.30. The van der Waals surface area contributed by atoms with Crippen molar-refractivity contribution in [2.45, 2.75) is 38.6 Å². The van der Waals surface area contributed by atoms with Gasteiger partial charge >= 0.3 is 0 Å². The van der Waals surface area contributed by atoms with Crippen LogP contribution >= 0.6 is 0 Å². The molecule has 0 radical (unpaired) electrons. The molecular formula is C26H29N3O3. The van der Waals surface area contributed by atoms with E-state index in [1.807, 2.05) is 73.3 Å². The van der Waals surface area contributed by atoms with Crippen molar-refractivity contribution in [3.8, 4) is 11.3 Å². The lowest BCUT2D eigenvalue weighted by atomic mass is 9.88. The SMILES string of the molecule is CCN(CC)C(=O)C1(Cc2cc(-c3ccccc3)no2)CCCN1C(=O)c1ccccc1. The molecule has 1 atom stereocenters. The van der Waals surface area contributed by atoms with E-state index >= 15 is 0 Å². The first-order valence-electron chi connectivity index (χ1n) is 11.3. The maximum Gasteiger partial charge on any atom is 0.254 e. The second kappa shape index (κ2) is 9.39. The van der Waals surface area contributed by atoms with Crippen molar-refractivity contribution in [3.05, 3.63) is 78.1 Å². The lowest BCUT2D eigenvalue weighted by Crippen LogP contribution is -2.59. The Hall–Kier alpha value is -3.41. The molecule has 0 bridgehead atoms. The second-order valence-electron chi connectivity index (χ2n) is 8.16. The van der Waals surface area contributed by atoms with Crippen LogP contribution in [-0.4, -0.2) is 51.9 Å². The summed E-state index contributed by atoms with van der Waals surface area (Å²) < 4.78 is 5.68. The van der Waals surface area contributed by atoms with E-state index in [2.05, 4.69) is 5.16 Å². The Morgan fingerprint density at radius 3 is 2.34 bits per heavy atom. The highest BCUT2D eigenvalue weighted by atomic mass is 16.5. The summed E-state index contributed by atoms with van der Waals surface area (Å²) in [6, 6.07) is 20.9. The Balaban J connectivity index is 1.71. The van der Waals surface area contributed by atoms with Gasteiger partial charge in [0, 0.05) is 43.2 Å². The number of nitrogens with zero attached hydrogens (tertiary/aromatic N) is 3. The van der Waals surface area contributed by atoms with Crippen LogP contribution in [0.25, 0.3) is 11.3 Å². The molecule has 1 aliphatic rings. The minimum Gasteiger partial charge on any atom is -0.361 e. The van der Waals surface area contributed by atoms with E-state index in [1.54, 1.807) is 17.0 Å². The van der Waals surface area contributed by atoms with Crippen LogP contribution in [0, 0.1) is 0 Å². The van der Waals surface area contributed by atoms with Crippen LogP contribution in [-0.2, 0) is 11.2 Å². The minimum absolute atomic E-state index is 0.0260. The number of hydrogen-bond acceptors (Lipinski definition) is 4. The quantitative estimate of drug-likeness (QED) is 0.555. The predicted octanol–water partition coefficient (Wildman–Crippen LogP) is 4.43. The zero-order valence-electron chi connectivity index (χ0n) is 18.7. The van der Waals surface area contributed by atoms with Crippen LogP contribution in [0.2, 0.25) is 0 Å². The van der Waals surface area contributed by atoms with E-state index in [4.69, 9.17) is 4.52 Å². The van der Waals surface area contributed by atoms with Crippen molar-refractivity contribution in [1.29, 1.82) is 0 Å². The Kier molecular flexibility index (Phi) is 6.40. The summed E-state index contributed by atoms with van der Waals surface area (Å²) in [6.07, 6.45) is 1.67. The fourth-order valence-electron chi connectivity index (χ4n) is 4.63. The van der Waals surface area contributed by atoms with Crippen molar-refractivity contribution >= 4 is 11.8 Å². The monoisotopic (exact) mass is 431 g/mol. The normalized spacial score (nSPS) is 18.0. The first-order chi connectivity index (χ1) is 15.6. The van der Waals surface area contributed by atoms with Crippen molar-refractivity contribution in [1.82, 2.24) is 15.0 Å². The van der Waals surface area contributed by atoms with Gasteiger partial charge in [-0.25, -0.2) is 0 Å². The van der Waals surface area contributed by atoms with Gasteiger partial charge in [-0.1, -0.05) is 53.7 Å². The summed E-state index contributed by atoms with van der Waals surface area (Å²) in [5.74, 6) is 0.463. The smallest absolute Gasteiger partial charge is 0.254 e. The van der Waals surface area contributed by atoms with Crippen LogP contribution in [0.1, 0.15) is 42.8 Å². The number of likely N-dealkylation sites (tertiary alicyclic amines) is 1. The first kappa shape index (κ1) is 21.8. The van der Waals surface area contributed by atoms with Gasteiger partial charge in [0.2, 0.25) is 5.91 Å². The number of carbonyl (C=O) groups is 2. The number of likely N-dealkylation sites (N-methyl/N-ethyl adjacent to an activating group) is 1. The fourth-order valence-corrected chi connectivity index (χ4v) is 4.63. The van der Waals surface area contributed by atoms with Gasteiger partial charge < -0.3 is 14.3 Å². The largest absolute Gasteiger partial charge is 0.361 e.